The molecule has 0 aliphatic carbocycles. The average Bonchev–Trinajstić information content (AvgIpc) is 2.95. The zero-order chi connectivity index (χ0) is 16.4. The Morgan fingerprint density at radius 2 is 1.87 bits per heavy atom. The highest BCUT2D eigenvalue weighted by Crippen LogP contribution is 2.30. The molecule has 2 heterocycles. The summed E-state index contributed by atoms with van der Waals surface area (Å²) in [6, 6.07) is 7.16. The fourth-order valence-corrected chi connectivity index (χ4v) is 2.96. The summed E-state index contributed by atoms with van der Waals surface area (Å²) >= 11 is 12.0. The number of nitrogens with one attached hydrogen (secondary N) is 2. The largest absolute Gasteiger partial charge is 0.367 e. The van der Waals surface area contributed by atoms with E-state index in [1.54, 1.807) is 18.3 Å². The second kappa shape index (κ2) is 6.83. The van der Waals surface area contributed by atoms with Gasteiger partial charge in [-0.1, -0.05) is 23.2 Å². The van der Waals surface area contributed by atoms with Gasteiger partial charge >= 0.3 is 0 Å². The van der Waals surface area contributed by atoms with Crippen LogP contribution < -0.4 is 10.2 Å². The number of carbonyl (C=O) groups excluding carboxylic acids is 1. The van der Waals surface area contributed by atoms with Crippen LogP contribution in [-0.2, 0) is 0 Å². The lowest BCUT2D eigenvalue weighted by Gasteiger charge is -2.35. The molecule has 2 N–H and O–H groups in total. The predicted molar refractivity (Wildman–Crippen MR) is 94.9 cm³/mol. The number of likely N-dealkylation sites (N-methyl/N-ethyl adjacent to an activating group) is 1. The zero-order valence-electron chi connectivity index (χ0n) is 12.8. The number of aromatic nitrogens is 1. The Hall–Kier alpha value is -1.69. The van der Waals surface area contributed by atoms with Gasteiger partial charge in [0.05, 0.1) is 16.4 Å². The maximum atomic E-state index is 12.4. The average molecular weight is 353 g/mol. The van der Waals surface area contributed by atoms with Gasteiger partial charge in [-0.05, 0) is 31.3 Å². The van der Waals surface area contributed by atoms with Crippen molar-refractivity contribution in [3.8, 4) is 0 Å². The van der Waals surface area contributed by atoms with Crippen molar-refractivity contribution in [2.45, 2.75) is 0 Å². The summed E-state index contributed by atoms with van der Waals surface area (Å²) in [4.78, 5) is 19.7. The maximum absolute atomic E-state index is 12.4. The quantitative estimate of drug-likeness (QED) is 0.890. The number of halogens is 2. The van der Waals surface area contributed by atoms with Crippen LogP contribution in [-0.4, -0.2) is 49.0 Å². The lowest BCUT2D eigenvalue weighted by molar-refractivity contribution is 0.102. The molecule has 2 aromatic rings. The number of benzene rings is 1. The number of amides is 1. The molecule has 1 amide bonds. The van der Waals surface area contributed by atoms with Gasteiger partial charge in [0, 0.05) is 37.4 Å². The van der Waals surface area contributed by atoms with Gasteiger partial charge < -0.3 is 20.1 Å². The van der Waals surface area contributed by atoms with Gasteiger partial charge in [-0.2, -0.15) is 0 Å². The molecule has 1 fully saturated rings. The summed E-state index contributed by atoms with van der Waals surface area (Å²) in [5.41, 5.74) is 2.10. The van der Waals surface area contributed by atoms with E-state index >= 15 is 0 Å². The van der Waals surface area contributed by atoms with Crippen LogP contribution in [0.1, 0.15) is 10.5 Å². The molecule has 1 saturated heterocycles. The molecule has 0 atom stereocenters. The van der Waals surface area contributed by atoms with Gasteiger partial charge in [0.2, 0.25) is 0 Å². The van der Waals surface area contributed by atoms with Gasteiger partial charge in [0.1, 0.15) is 5.69 Å². The Kier molecular flexibility index (Phi) is 4.80. The molecule has 1 aromatic carbocycles. The Bertz CT molecular complexity index is 708. The van der Waals surface area contributed by atoms with Crippen LogP contribution in [0.25, 0.3) is 0 Å². The van der Waals surface area contributed by atoms with Crippen LogP contribution in [0.4, 0.5) is 11.4 Å². The molecule has 5 nitrogen and oxygen atoms in total. The first-order valence-corrected chi connectivity index (χ1v) is 8.17. The minimum Gasteiger partial charge on any atom is -0.367 e. The summed E-state index contributed by atoms with van der Waals surface area (Å²) in [6.07, 6.45) is 1.58. The number of nitrogens with zero attached hydrogens (tertiary/aromatic N) is 2. The summed E-state index contributed by atoms with van der Waals surface area (Å²) in [5, 5.41) is 4.01. The molecule has 3 rings (SSSR count). The second-order valence-electron chi connectivity index (χ2n) is 5.64. The fourth-order valence-electron chi connectivity index (χ4n) is 2.62. The SMILES string of the molecule is CN1CCN(c2ccc(Cl)cc2NC(=O)c2cc(Cl)c[nH]2)CC1. The minimum atomic E-state index is -0.241. The molecule has 122 valence electrons. The van der Waals surface area contributed by atoms with Crippen LogP contribution in [0.3, 0.4) is 0 Å². The second-order valence-corrected chi connectivity index (χ2v) is 6.51. The van der Waals surface area contributed by atoms with E-state index in [1.807, 2.05) is 12.1 Å². The van der Waals surface area contributed by atoms with Gasteiger partial charge in [-0.3, -0.25) is 4.79 Å². The number of hydrogen-bond acceptors (Lipinski definition) is 3. The summed E-state index contributed by atoms with van der Waals surface area (Å²) in [5.74, 6) is -0.241. The van der Waals surface area contributed by atoms with E-state index in [0.717, 1.165) is 31.9 Å². The molecule has 7 heteroatoms. The van der Waals surface area contributed by atoms with Crippen LogP contribution in [0.5, 0.6) is 0 Å². The van der Waals surface area contributed by atoms with Crippen molar-refractivity contribution in [1.29, 1.82) is 0 Å². The molecule has 23 heavy (non-hydrogen) atoms. The zero-order valence-corrected chi connectivity index (χ0v) is 14.3. The molecule has 0 unspecified atom stereocenters. The van der Waals surface area contributed by atoms with Gasteiger partial charge in [-0.25, -0.2) is 0 Å². The minimum absolute atomic E-state index is 0.241. The van der Waals surface area contributed by atoms with E-state index in [9.17, 15) is 4.79 Å². The Labute approximate surface area is 145 Å². The first kappa shape index (κ1) is 16.2. The number of anilines is 2. The lowest BCUT2D eigenvalue weighted by Crippen LogP contribution is -2.44. The standard InChI is InChI=1S/C16H18Cl2N4O/c1-21-4-6-22(7-5-21)15-3-2-11(17)8-13(15)20-16(23)14-9-12(18)10-19-14/h2-3,8-10,19H,4-7H2,1H3,(H,20,23). The van der Waals surface area contributed by atoms with Crippen molar-refractivity contribution in [2.24, 2.45) is 0 Å². The van der Waals surface area contributed by atoms with E-state index in [0.29, 0.717) is 21.4 Å². The van der Waals surface area contributed by atoms with Crippen molar-refractivity contribution < 1.29 is 4.79 Å². The van der Waals surface area contributed by atoms with Crippen molar-refractivity contribution in [2.75, 3.05) is 43.4 Å². The normalized spacial score (nSPS) is 15.7. The predicted octanol–water partition coefficient (Wildman–Crippen LogP) is 3.33. The molecule has 0 radical (unpaired) electrons. The maximum Gasteiger partial charge on any atom is 0.272 e. The number of aromatic amines is 1. The van der Waals surface area contributed by atoms with Crippen LogP contribution in [0.2, 0.25) is 10.0 Å². The number of H-pyrrole nitrogens is 1. The molecule has 1 aliphatic heterocycles. The van der Waals surface area contributed by atoms with Gasteiger partial charge in [0.15, 0.2) is 0 Å². The fraction of sp³-hybridized carbons (Fsp3) is 0.312. The van der Waals surface area contributed by atoms with Crippen molar-refractivity contribution in [3.05, 3.63) is 46.2 Å². The third-order valence-electron chi connectivity index (χ3n) is 3.94. The van der Waals surface area contributed by atoms with Crippen molar-refractivity contribution >= 4 is 40.5 Å². The summed E-state index contributed by atoms with van der Waals surface area (Å²) in [7, 11) is 2.11. The van der Waals surface area contributed by atoms with Crippen molar-refractivity contribution in [3.63, 3.8) is 0 Å². The first-order chi connectivity index (χ1) is 11.0. The summed E-state index contributed by atoms with van der Waals surface area (Å²) < 4.78 is 0. The number of carbonyl (C=O) groups is 1. The molecule has 1 aliphatic rings. The highest BCUT2D eigenvalue weighted by atomic mass is 35.5. The molecule has 1 aromatic heterocycles. The molecular weight excluding hydrogens is 335 g/mol. The molecule has 0 bridgehead atoms. The van der Waals surface area contributed by atoms with E-state index in [2.05, 4.69) is 27.1 Å². The Balaban J connectivity index is 1.83. The lowest BCUT2D eigenvalue weighted by atomic mass is 10.2. The molecular formula is C16H18Cl2N4O. The first-order valence-electron chi connectivity index (χ1n) is 7.41. The number of hydrogen-bond donors (Lipinski definition) is 2. The van der Waals surface area contributed by atoms with Crippen LogP contribution >= 0.6 is 23.2 Å². The smallest absolute Gasteiger partial charge is 0.272 e. The van der Waals surface area contributed by atoms with Crippen LogP contribution in [0, 0.1) is 0 Å². The summed E-state index contributed by atoms with van der Waals surface area (Å²) in [6.45, 7) is 3.80. The van der Waals surface area contributed by atoms with Crippen LogP contribution in [0.15, 0.2) is 30.5 Å². The number of rotatable bonds is 3. The number of piperazine rings is 1. The van der Waals surface area contributed by atoms with E-state index in [4.69, 9.17) is 23.2 Å². The topological polar surface area (TPSA) is 51.4 Å². The highest BCUT2D eigenvalue weighted by Gasteiger charge is 2.19. The highest BCUT2D eigenvalue weighted by molar-refractivity contribution is 6.31. The third-order valence-corrected chi connectivity index (χ3v) is 4.40. The molecule has 0 saturated carbocycles. The van der Waals surface area contributed by atoms with E-state index in [-0.39, 0.29) is 5.91 Å². The Morgan fingerprint density at radius 1 is 1.13 bits per heavy atom. The van der Waals surface area contributed by atoms with Gasteiger partial charge in [0.25, 0.3) is 5.91 Å². The monoisotopic (exact) mass is 352 g/mol. The van der Waals surface area contributed by atoms with Gasteiger partial charge in [-0.15, -0.1) is 0 Å². The third kappa shape index (κ3) is 3.80. The van der Waals surface area contributed by atoms with E-state index in [1.165, 1.54) is 0 Å². The van der Waals surface area contributed by atoms with Crippen molar-refractivity contribution in [1.82, 2.24) is 9.88 Å². The Morgan fingerprint density at radius 3 is 2.52 bits per heavy atom. The molecule has 0 spiro atoms. The van der Waals surface area contributed by atoms with E-state index < -0.39 is 0 Å².